The second-order valence-electron chi connectivity index (χ2n) is 6.35. The Balaban J connectivity index is 1.88. The van der Waals surface area contributed by atoms with Crippen molar-refractivity contribution < 1.29 is 5.11 Å². The molecule has 1 unspecified atom stereocenters. The van der Waals surface area contributed by atoms with Gasteiger partial charge in [0.05, 0.1) is 16.8 Å². The number of hydrogen-bond acceptors (Lipinski definition) is 5. The van der Waals surface area contributed by atoms with Crippen molar-refractivity contribution in [1.29, 1.82) is 0 Å². The van der Waals surface area contributed by atoms with E-state index in [4.69, 9.17) is 11.6 Å². The number of phenolic OH excluding ortho intramolecular Hbond substituents is 1. The third-order valence-corrected chi connectivity index (χ3v) is 5.62. The Morgan fingerprint density at radius 3 is 2.64 bits per heavy atom. The fourth-order valence-corrected chi connectivity index (χ4v) is 3.54. The van der Waals surface area contributed by atoms with Crippen LogP contribution in [0.4, 0.5) is 5.82 Å². The van der Waals surface area contributed by atoms with Gasteiger partial charge in [0.15, 0.2) is 0 Å². The molecule has 1 aromatic carbocycles. The lowest BCUT2D eigenvalue weighted by atomic mass is 9.99. The van der Waals surface area contributed by atoms with Gasteiger partial charge in [-0.25, -0.2) is 4.98 Å². The van der Waals surface area contributed by atoms with Crippen molar-refractivity contribution in [2.24, 2.45) is 0 Å². The van der Waals surface area contributed by atoms with Crippen LogP contribution in [0.1, 0.15) is 22.9 Å². The van der Waals surface area contributed by atoms with E-state index in [9.17, 15) is 5.11 Å². The fraction of sp³-hybridized carbons (Fsp3) is 0.0952. The quantitative estimate of drug-likeness (QED) is 0.416. The Morgan fingerprint density at radius 2 is 1.89 bits per heavy atom. The van der Waals surface area contributed by atoms with Crippen molar-refractivity contribution in [2.45, 2.75) is 13.0 Å². The zero-order valence-corrected chi connectivity index (χ0v) is 17.2. The number of phenols is 1. The summed E-state index contributed by atoms with van der Waals surface area (Å²) in [6.07, 6.45) is 5.08. The Morgan fingerprint density at radius 1 is 1.07 bits per heavy atom. The maximum absolute atomic E-state index is 11.0. The first-order valence-electron chi connectivity index (χ1n) is 8.60. The molecule has 1 atom stereocenters. The summed E-state index contributed by atoms with van der Waals surface area (Å²) in [7, 11) is 0. The number of nitrogens with zero attached hydrogens (tertiary/aromatic N) is 3. The van der Waals surface area contributed by atoms with Crippen LogP contribution >= 0.6 is 27.5 Å². The minimum absolute atomic E-state index is 0.0667. The zero-order chi connectivity index (χ0) is 19.7. The molecule has 3 aromatic heterocycles. The summed E-state index contributed by atoms with van der Waals surface area (Å²) in [5.74, 6) is 0.727. The lowest BCUT2D eigenvalue weighted by Crippen LogP contribution is -2.15. The molecule has 140 valence electrons. The Labute approximate surface area is 175 Å². The van der Waals surface area contributed by atoms with Gasteiger partial charge in [0, 0.05) is 34.0 Å². The lowest BCUT2D eigenvalue weighted by Gasteiger charge is -2.22. The van der Waals surface area contributed by atoms with E-state index in [1.807, 2.05) is 37.3 Å². The normalized spacial score (nSPS) is 12.1. The van der Waals surface area contributed by atoms with E-state index in [1.165, 1.54) is 0 Å². The van der Waals surface area contributed by atoms with E-state index in [1.54, 1.807) is 30.7 Å². The highest BCUT2D eigenvalue weighted by atomic mass is 79.9. The smallest absolute Gasteiger partial charge is 0.147 e. The summed E-state index contributed by atoms with van der Waals surface area (Å²) < 4.78 is 0.924. The number of aryl methyl sites for hydroxylation is 1. The molecule has 0 aliphatic carbocycles. The first-order chi connectivity index (χ1) is 13.5. The van der Waals surface area contributed by atoms with E-state index in [-0.39, 0.29) is 5.75 Å². The van der Waals surface area contributed by atoms with Gasteiger partial charge in [-0.3, -0.25) is 9.97 Å². The van der Waals surface area contributed by atoms with Gasteiger partial charge in [-0.15, -0.1) is 0 Å². The third kappa shape index (κ3) is 3.53. The number of anilines is 1. The number of halogens is 2. The van der Waals surface area contributed by atoms with Crippen LogP contribution in [-0.2, 0) is 0 Å². The standard InChI is InChI=1S/C21H16BrClN4O/c1-12-9-18(26-11-15(12)22)27-19(17-6-2-3-7-24-17)14-10-16(23)13-5-4-8-25-20(13)21(14)28/h2-11,19,28H,1H3,(H,26,27). The number of benzene rings is 1. The van der Waals surface area contributed by atoms with Crippen LogP contribution < -0.4 is 5.32 Å². The lowest BCUT2D eigenvalue weighted by molar-refractivity contribution is 0.471. The SMILES string of the molecule is Cc1cc(NC(c2ccccn2)c2cc(Cl)c3cccnc3c2O)ncc1Br. The average molecular weight is 456 g/mol. The highest BCUT2D eigenvalue weighted by Crippen LogP contribution is 2.39. The Bertz CT molecular complexity index is 1150. The molecule has 0 saturated heterocycles. The van der Waals surface area contributed by atoms with Gasteiger partial charge in [0.2, 0.25) is 0 Å². The predicted octanol–water partition coefficient (Wildman–Crippen LogP) is 5.66. The van der Waals surface area contributed by atoms with Gasteiger partial charge in [0.1, 0.15) is 17.1 Å². The number of rotatable bonds is 4. The van der Waals surface area contributed by atoms with Crippen molar-refractivity contribution in [1.82, 2.24) is 15.0 Å². The van der Waals surface area contributed by atoms with Gasteiger partial charge in [-0.2, -0.15) is 0 Å². The van der Waals surface area contributed by atoms with E-state index in [0.717, 1.165) is 15.7 Å². The molecule has 0 fully saturated rings. The number of hydrogen-bond donors (Lipinski definition) is 2. The largest absolute Gasteiger partial charge is 0.505 e. The molecule has 7 heteroatoms. The molecule has 4 aromatic rings. The van der Waals surface area contributed by atoms with Crippen LogP contribution in [0.2, 0.25) is 5.02 Å². The third-order valence-electron chi connectivity index (χ3n) is 4.48. The summed E-state index contributed by atoms with van der Waals surface area (Å²) in [5.41, 5.74) is 2.80. The summed E-state index contributed by atoms with van der Waals surface area (Å²) in [5, 5.41) is 15.5. The van der Waals surface area contributed by atoms with Crippen LogP contribution in [0.5, 0.6) is 5.75 Å². The van der Waals surface area contributed by atoms with Gasteiger partial charge < -0.3 is 10.4 Å². The summed E-state index contributed by atoms with van der Waals surface area (Å²) >= 11 is 9.96. The van der Waals surface area contributed by atoms with Crippen molar-refractivity contribution >= 4 is 44.3 Å². The van der Waals surface area contributed by atoms with Crippen LogP contribution in [-0.4, -0.2) is 20.1 Å². The summed E-state index contributed by atoms with van der Waals surface area (Å²) in [4.78, 5) is 13.2. The zero-order valence-electron chi connectivity index (χ0n) is 14.9. The molecule has 2 N–H and O–H groups in total. The molecule has 0 aliphatic heterocycles. The molecule has 3 heterocycles. The molecule has 0 bridgehead atoms. The Hall–Kier alpha value is -2.70. The van der Waals surface area contributed by atoms with Crippen LogP contribution in [0.3, 0.4) is 0 Å². The molecule has 28 heavy (non-hydrogen) atoms. The van der Waals surface area contributed by atoms with Crippen LogP contribution in [0.25, 0.3) is 10.9 Å². The Kier molecular flexibility index (Phi) is 5.15. The fourth-order valence-electron chi connectivity index (χ4n) is 3.05. The number of aromatic hydroxyl groups is 1. The monoisotopic (exact) mass is 454 g/mol. The van der Waals surface area contributed by atoms with E-state index in [0.29, 0.717) is 27.3 Å². The van der Waals surface area contributed by atoms with Crippen molar-refractivity contribution in [2.75, 3.05) is 5.32 Å². The van der Waals surface area contributed by atoms with Gasteiger partial charge in [-0.05, 0) is 64.8 Å². The first kappa shape index (κ1) is 18.7. The van der Waals surface area contributed by atoms with Crippen LogP contribution in [0, 0.1) is 6.92 Å². The summed E-state index contributed by atoms with van der Waals surface area (Å²) in [6.45, 7) is 1.99. The number of aromatic nitrogens is 3. The molecule has 0 saturated carbocycles. The van der Waals surface area contributed by atoms with Crippen molar-refractivity contribution in [3.8, 4) is 5.75 Å². The summed E-state index contributed by atoms with van der Waals surface area (Å²) in [6, 6.07) is 12.5. The molecule has 0 radical (unpaired) electrons. The van der Waals surface area contributed by atoms with Gasteiger partial charge >= 0.3 is 0 Å². The molecule has 4 rings (SSSR count). The molecule has 5 nitrogen and oxygen atoms in total. The van der Waals surface area contributed by atoms with E-state index >= 15 is 0 Å². The highest BCUT2D eigenvalue weighted by molar-refractivity contribution is 9.10. The molecule has 0 spiro atoms. The maximum atomic E-state index is 11.0. The second-order valence-corrected chi connectivity index (χ2v) is 7.61. The highest BCUT2D eigenvalue weighted by Gasteiger charge is 2.23. The van der Waals surface area contributed by atoms with Gasteiger partial charge in [0.25, 0.3) is 0 Å². The topological polar surface area (TPSA) is 70.9 Å². The minimum atomic E-state index is -0.460. The number of fused-ring (bicyclic) bond motifs is 1. The average Bonchev–Trinajstić information content (AvgIpc) is 2.72. The van der Waals surface area contributed by atoms with Crippen molar-refractivity contribution in [3.63, 3.8) is 0 Å². The van der Waals surface area contributed by atoms with E-state index in [2.05, 4.69) is 36.2 Å². The number of nitrogens with one attached hydrogen (secondary N) is 1. The minimum Gasteiger partial charge on any atom is -0.505 e. The first-order valence-corrected chi connectivity index (χ1v) is 9.77. The van der Waals surface area contributed by atoms with Gasteiger partial charge in [-0.1, -0.05) is 17.7 Å². The predicted molar refractivity (Wildman–Crippen MR) is 115 cm³/mol. The van der Waals surface area contributed by atoms with Crippen LogP contribution in [0.15, 0.2) is 65.5 Å². The van der Waals surface area contributed by atoms with E-state index < -0.39 is 6.04 Å². The second kappa shape index (κ2) is 7.73. The number of pyridine rings is 3. The molecule has 0 amide bonds. The molecule has 0 aliphatic rings. The molecular formula is C21H16BrClN4O. The maximum Gasteiger partial charge on any atom is 0.147 e. The van der Waals surface area contributed by atoms with Crippen molar-refractivity contribution in [3.05, 3.63) is 87.4 Å². The molecular weight excluding hydrogens is 440 g/mol.